The zero-order chi connectivity index (χ0) is 15.2. The van der Waals surface area contributed by atoms with Crippen molar-refractivity contribution in [1.82, 2.24) is 10.2 Å². The number of primary amides is 1. The highest BCUT2D eigenvalue weighted by Crippen LogP contribution is 2.21. The molecule has 1 fully saturated rings. The largest absolute Gasteiger partial charge is 0.370 e. The van der Waals surface area contributed by atoms with Gasteiger partial charge in [-0.2, -0.15) is 0 Å². The van der Waals surface area contributed by atoms with Gasteiger partial charge >= 0.3 is 6.03 Å². The maximum absolute atomic E-state index is 11.6. The van der Waals surface area contributed by atoms with Crippen molar-refractivity contribution in [1.29, 1.82) is 0 Å². The van der Waals surface area contributed by atoms with Crippen molar-refractivity contribution in [2.75, 3.05) is 31.6 Å². The number of carbonyl (C=O) groups excluding carboxylic acids is 2. The number of nitrogens with zero attached hydrogens (tertiary/aromatic N) is 2. The van der Waals surface area contributed by atoms with Gasteiger partial charge in [0.1, 0.15) is 0 Å². The van der Waals surface area contributed by atoms with Gasteiger partial charge in [-0.15, -0.1) is 0 Å². The maximum Gasteiger partial charge on any atom is 0.318 e. The highest BCUT2D eigenvalue weighted by Gasteiger charge is 2.24. The third-order valence-corrected chi connectivity index (χ3v) is 3.80. The normalized spacial score (nSPS) is 18.6. The summed E-state index contributed by atoms with van der Waals surface area (Å²) in [4.78, 5) is 26.6. The van der Waals surface area contributed by atoms with E-state index in [0.29, 0.717) is 0 Å². The number of hydrogen-bond donors (Lipinski definition) is 2. The van der Waals surface area contributed by atoms with Gasteiger partial charge in [-0.3, -0.25) is 15.0 Å². The first kappa shape index (κ1) is 15.3. The van der Waals surface area contributed by atoms with E-state index in [1.165, 1.54) is 5.69 Å². The van der Waals surface area contributed by atoms with Crippen molar-refractivity contribution < 1.29 is 9.59 Å². The predicted octanol–water partition coefficient (Wildman–Crippen LogP) is 0.782. The number of piperidine rings is 1. The average Bonchev–Trinajstić information content (AvgIpc) is 2.47. The lowest BCUT2D eigenvalue weighted by molar-refractivity contribution is -0.121. The highest BCUT2D eigenvalue weighted by molar-refractivity contribution is 5.94. The van der Waals surface area contributed by atoms with E-state index in [1.807, 2.05) is 30.1 Å². The molecular formula is C15H22N4O2. The van der Waals surface area contributed by atoms with Gasteiger partial charge in [-0.05, 0) is 32.0 Å². The van der Waals surface area contributed by atoms with Gasteiger partial charge < -0.3 is 10.6 Å². The fourth-order valence-electron chi connectivity index (χ4n) is 2.72. The molecule has 1 heterocycles. The van der Waals surface area contributed by atoms with Gasteiger partial charge in [-0.1, -0.05) is 18.2 Å². The van der Waals surface area contributed by atoms with Crippen molar-refractivity contribution in [2.45, 2.75) is 18.9 Å². The molecule has 0 aliphatic carbocycles. The average molecular weight is 290 g/mol. The fraction of sp³-hybridized carbons (Fsp3) is 0.467. The zero-order valence-electron chi connectivity index (χ0n) is 12.3. The van der Waals surface area contributed by atoms with E-state index in [4.69, 9.17) is 5.73 Å². The van der Waals surface area contributed by atoms with Crippen LogP contribution in [0.15, 0.2) is 30.3 Å². The molecule has 6 nitrogen and oxygen atoms in total. The van der Waals surface area contributed by atoms with E-state index < -0.39 is 6.03 Å². The second-order valence-corrected chi connectivity index (χ2v) is 5.41. The van der Waals surface area contributed by atoms with E-state index in [2.05, 4.69) is 22.3 Å². The number of hydrogen-bond acceptors (Lipinski definition) is 4. The summed E-state index contributed by atoms with van der Waals surface area (Å²) in [5.41, 5.74) is 6.15. The predicted molar refractivity (Wildman–Crippen MR) is 82.0 cm³/mol. The Morgan fingerprint density at radius 3 is 2.76 bits per heavy atom. The number of amides is 3. The minimum absolute atomic E-state index is 0.177. The summed E-state index contributed by atoms with van der Waals surface area (Å²) in [7, 11) is 1.90. The summed E-state index contributed by atoms with van der Waals surface area (Å²) in [6.45, 7) is 2.09. The smallest absolute Gasteiger partial charge is 0.318 e. The summed E-state index contributed by atoms with van der Waals surface area (Å²) in [5.74, 6) is -0.359. The molecule has 0 radical (unpaired) electrons. The molecule has 1 aliphatic heterocycles. The molecule has 1 saturated heterocycles. The van der Waals surface area contributed by atoms with Crippen molar-refractivity contribution in [3.05, 3.63) is 30.3 Å². The van der Waals surface area contributed by atoms with Crippen LogP contribution in [0.1, 0.15) is 12.8 Å². The number of rotatable bonds is 4. The van der Waals surface area contributed by atoms with E-state index >= 15 is 0 Å². The number of benzene rings is 1. The summed E-state index contributed by atoms with van der Waals surface area (Å²) in [5, 5.41) is 2.10. The zero-order valence-corrected chi connectivity index (χ0v) is 12.3. The summed E-state index contributed by atoms with van der Waals surface area (Å²) >= 11 is 0. The molecule has 1 aliphatic rings. The van der Waals surface area contributed by atoms with Crippen LogP contribution in [0.25, 0.3) is 0 Å². The molecule has 21 heavy (non-hydrogen) atoms. The van der Waals surface area contributed by atoms with Gasteiger partial charge in [0.2, 0.25) is 5.91 Å². The second-order valence-electron chi connectivity index (χ2n) is 5.41. The van der Waals surface area contributed by atoms with Gasteiger partial charge in [0, 0.05) is 24.8 Å². The molecule has 0 spiro atoms. The lowest BCUT2D eigenvalue weighted by Crippen LogP contribution is -2.50. The van der Waals surface area contributed by atoms with Crippen LogP contribution in [0.4, 0.5) is 10.5 Å². The summed E-state index contributed by atoms with van der Waals surface area (Å²) in [6, 6.07) is 9.75. The van der Waals surface area contributed by atoms with Crippen LogP contribution in [-0.4, -0.2) is 49.6 Å². The number of nitrogens with two attached hydrogens (primary N) is 1. The number of likely N-dealkylation sites (N-methyl/N-ethyl adjacent to an activating group) is 1. The van der Waals surface area contributed by atoms with E-state index in [9.17, 15) is 9.59 Å². The van der Waals surface area contributed by atoms with Crippen LogP contribution in [0.5, 0.6) is 0 Å². The maximum atomic E-state index is 11.6. The molecule has 2 rings (SSSR count). The molecule has 114 valence electrons. The first-order chi connectivity index (χ1) is 10.1. The standard InChI is InChI=1S/C15H22N4O2/c1-18(11-14(20)17-15(16)21)13-8-5-9-19(10-13)12-6-3-2-4-7-12/h2-4,6-7,13H,5,8-11H2,1H3,(H3,16,17,20,21)/t13-/m1/s1. The van der Waals surface area contributed by atoms with Crippen LogP contribution in [-0.2, 0) is 4.79 Å². The Kier molecular flexibility index (Phi) is 5.16. The van der Waals surface area contributed by atoms with Gasteiger partial charge in [0.25, 0.3) is 0 Å². The molecule has 6 heteroatoms. The Morgan fingerprint density at radius 1 is 1.38 bits per heavy atom. The Balaban J connectivity index is 1.91. The molecule has 0 bridgehead atoms. The number of carbonyl (C=O) groups is 2. The van der Waals surface area contributed by atoms with Crippen molar-refractivity contribution >= 4 is 17.6 Å². The summed E-state index contributed by atoms with van der Waals surface area (Å²) < 4.78 is 0. The molecule has 1 aromatic rings. The lowest BCUT2D eigenvalue weighted by atomic mass is 10.0. The second kappa shape index (κ2) is 7.08. The first-order valence-electron chi connectivity index (χ1n) is 7.16. The fourth-order valence-corrected chi connectivity index (χ4v) is 2.72. The Bertz CT molecular complexity index is 492. The van der Waals surface area contributed by atoms with E-state index in [0.717, 1.165) is 25.9 Å². The highest BCUT2D eigenvalue weighted by atomic mass is 16.2. The van der Waals surface area contributed by atoms with E-state index in [-0.39, 0.29) is 18.5 Å². The van der Waals surface area contributed by atoms with Crippen molar-refractivity contribution in [3.8, 4) is 0 Å². The van der Waals surface area contributed by atoms with Crippen LogP contribution < -0.4 is 16.0 Å². The number of nitrogens with one attached hydrogen (secondary N) is 1. The van der Waals surface area contributed by atoms with Crippen LogP contribution in [0.3, 0.4) is 0 Å². The molecule has 3 N–H and O–H groups in total. The van der Waals surface area contributed by atoms with Gasteiger partial charge in [0.05, 0.1) is 6.54 Å². The Labute approximate surface area is 124 Å². The number of urea groups is 1. The van der Waals surface area contributed by atoms with Crippen LogP contribution >= 0.6 is 0 Å². The minimum Gasteiger partial charge on any atom is -0.370 e. The summed E-state index contributed by atoms with van der Waals surface area (Å²) in [6.07, 6.45) is 2.13. The van der Waals surface area contributed by atoms with Crippen molar-refractivity contribution in [2.24, 2.45) is 5.73 Å². The van der Waals surface area contributed by atoms with Crippen LogP contribution in [0, 0.1) is 0 Å². The number of anilines is 1. The molecule has 0 aromatic heterocycles. The minimum atomic E-state index is -0.803. The third kappa shape index (κ3) is 4.46. The van der Waals surface area contributed by atoms with Crippen LogP contribution in [0.2, 0.25) is 0 Å². The quantitative estimate of drug-likeness (QED) is 0.859. The molecule has 0 unspecified atom stereocenters. The molecule has 0 saturated carbocycles. The topological polar surface area (TPSA) is 78.7 Å². The van der Waals surface area contributed by atoms with E-state index in [1.54, 1.807) is 0 Å². The number of imide groups is 1. The lowest BCUT2D eigenvalue weighted by Gasteiger charge is -2.38. The molecule has 1 aromatic carbocycles. The SMILES string of the molecule is CN(CC(=O)NC(N)=O)[C@@H]1CCCN(c2ccccc2)C1. The Hall–Kier alpha value is -2.08. The monoisotopic (exact) mass is 290 g/mol. The third-order valence-electron chi connectivity index (χ3n) is 3.80. The number of para-hydroxylation sites is 1. The molecule has 3 amide bonds. The first-order valence-corrected chi connectivity index (χ1v) is 7.16. The van der Waals surface area contributed by atoms with Gasteiger partial charge in [0.15, 0.2) is 0 Å². The Morgan fingerprint density at radius 2 is 2.10 bits per heavy atom. The van der Waals surface area contributed by atoms with Crippen molar-refractivity contribution in [3.63, 3.8) is 0 Å². The van der Waals surface area contributed by atoms with Gasteiger partial charge in [-0.25, -0.2) is 4.79 Å². The molecular weight excluding hydrogens is 268 g/mol. The molecule has 1 atom stereocenters.